The van der Waals surface area contributed by atoms with Crippen molar-refractivity contribution in [2.45, 2.75) is 56.4 Å². The third-order valence-electron chi connectivity index (χ3n) is 8.02. The molecule has 5 rings (SSSR count). The average Bonchev–Trinajstić information content (AvgIpc) is 3.19. The zero-order chi connectivity index (χ0) is 25.5. The van der Waals surface area contributed by atoms with E-state index < -0.39 is 41.1 Å². The number of fused-ring (bicyclic) bond motifs is 2. The van der Waals surface area contributed by atoms with E-state index in [2.05, 4.69) is 6.92 Å². The van der Waals surface area contributed by atoms with E-state index in [1.165, 1.54) is 4.90 Å². The summed E-state index contributed by atoms with van der Waals surface area (Å²) in [6.07, 6.45) is 9.76. The highest BCUT2D eigenvalue weighted by atomic mass is 16.6. The van der Waals surface area contributed by atoms with E-state index in [0.29, 0.717) is 25.1 Å². The number of cyclic esters (lactones) is 1. The fourth-order valence-corrected chi connectivity index (χ4v) is 6.39. The monoisotopic (exact) mass is 494 g/mol. The van der Waals surface area contributed by atoms with Gasteiger partial charge in [-0.15, -0.1) is 0 Å². The van der Waals surface area contributed by atoms with Gasteiger partial charge in [0.1, 0.15) is 17.6 Å². The van der Waals surface area contributed by atoms with Gasteiger partial charge in [0, 0.05) is 13.1 Å². The summed E-state index contributed by atoms with van der Waals surface area (Å²) in [6, 6.07) is 7.41. The first-order chi connectivity index (χ1) is 17.4. The number of aliphatic hydroxyl groups is 1. The number of ether oxygens (including phenoxy) is 2. The molecule has 2 saturated heterocycles. The van der Waals surface area contributed by atoms with E-state index in [1.807, 2.05) is 54.6 Å². The number of benzene rings is 1. The van der Waals surface area contributed by atoms with Crippen LogP contribution in [0.3, 0.4) is 0 Å². The molecule has 36 heavy (non-hydrogen) atoms. The quantitative estimate of drug-likeness (QED) is 0.482. The molecular formula is C28H34N2O6. The van der Waals surface area contributed by atoms with Crippen LogP contribution in [0, 0.1) is 11.8 Å². The standard InChI is InChI=1S/C28H34N2O6/c1-3-4-15-29-16-10-14-28-21(22-26(34)35-17-9-8-13-27(22,2)36-28)24(32)30(23(28)25(29)33)20(18-31)19-11-6-5-7-12-19/h5-8,10-14,20-23,31H,3-4,9,15-18H2,1-2H3/t20-,21+,22+,23?,27-,28+/m1/s1. The molecule has 8 nitrogen and oxygen atoms in total. The highest BCUT2D eigenvalue weighted by molar-refractivity contribution is 5.99. The van der Waals surface area contributed by atoms with E-state index in [9.17, 15) is 19.5 Å². The minimum atomic E-state index is -1.36. The first-order valence-corrected chi connectivity index (χ1v) is 12.9. The van der Waals surface area contributed by atoms with E-state index in [-0.39, 0.29) is 25.0 Å². The lowest BCUT2D eigenvalue weighted by molar-refractivity contribution is -0.162. The predicted molar refractivity (Wildman–Crippen MR) is 131 cm³/mol. The van der Waals surface area contributed by atoms with Crippen LogP contribution in [0.4, 0.5) is 0 Å². The van der Waals surface area contributed by atoms with Crippen LogP contribution < -0.4 is 0 Å². The molecule has 4 aliphatic rings. The van der Waals surface area contributed by atoms with Crippen LogP contribution in [-0.4, -0.2) is 76.2 Å². The Morgan fingerprint density at radius 3 is 2.58 bits per heavy atom. The second kappa shape index (κ2) is 9.48. The smallest absolute Gasteiger partial charge is 0.313 e. The number of aliphatic hydroxyl groups excluding tert-OH is 1. The first-order valence-electron chi connectivity index (χ1n) is 12.9. The van der Waals surface area contributed by atoms with Crippen LogP contribution in [0.1, 0.15) is 44.7 Å². The third kappa shape index (κ3) is 3.69. The molecule has 0 saturated carbocycles. The van der Waals surface area contributed by atoms with Crippen LogP contribution >= 0.6 is 0 Å². The lowest BCUT2D eigenvalue weighted by atomic mass is 9.74. The van der Waals surface area contributed by atoms with Crippen LogP contribution in [0.15, 0.2) is 54.6 Å². The fourth-order valence-electron chi connectivity index (χ4n) is 6.39. The van der Waals surface area contributed by atoms with Crippen molar-refractivity contribution in [3.8, 4) is 0 Å². The molecule has 1 unspecified atom stereocenters. The number of nitrogens with zero attached hydrogens (tertiary/aromatic N) is 2. The fraction of sp³-hybridized carbons (Fsp3) is 0.536. The molecule has 2 fully saturated rings. The minimum Gasteiger partial charge on any atom is -0.465 e. The van der Waals surface area contributed by atoms with Gasteiger partial charge in [0.15, 0.2) is 0 Å². The Labute approximate surface area is 211 Å². The zero-order valence-electron chi connectivity index (χ0n) is 20.8. The zero-order valence-corrected chi connectivity index (χ0v) is 20.8. The highest BCUT2D eigenvalue weighted by Gasteiger charge is 2.75. The summed E-state index contributed by atoms with van der Waals surface area (Å²) in [5, 5.41) is 10.5. The second-order valence-electron chi connectivity index (χ2n) is 10.3. The summed E-state index contributed by atoms with van der Waals surface area (Å²) in [4.78, 5) is 45.1. The highest BCUT2D eigenvalue weighted by Crippen LogP contribution is 2.58. The molecule has 4 heterocycles. The number of carbonyl (C=O) groups excluding carboxylic acids is 3. The molecular weight excluding hydrogens is 460 g/mol. The van der Waals surface area contributed by atoms with Crippen molar-refractivity contribution >= 4 is 17.8 Å². The second-order valence-corrected chi connectivity index (χ2v) is 10.3. The van der Waals surface area contributed by atoms with E-state index in [0.717, 1.165) is 12.8 Å². The van der Waals surface area contributed by atoms with Crippen molar-refractivity contribution in [3.63, 3.8) is 0 Å². The predicted octanol–water partition coefficient (Wildman–Crippen LogP) is 2.39. The summed E-state index contributed by atoms with van der Waals surface area (Å²) in [5.74, 6) is -2.96. The molecule has 0 bridgehead atoms. The molecule has 4 aliphatic heterocycles. The molecule has 6 atom stereocenters. The SMILES string of the molecule is CCCCN1CC=C[C@]23O[C@]4(C)C=CCCOC(=O)[C@@H]4[C@H]2C(=O)N([C@H](CO)c2ccccc2)C3C1=O. The molecule has 0 aromatic heterocycles. The van der Waals surface area contributed by atoms with Gasteiger partial charge in [-0.25, -0.2) is 0 Å². The molecule has 1 spiro atoms. The van der Waals surface area contributed by atoms with Gasteiger partial charge in [-0.1, -0.05) is 68.0 Å². The average molecular weight is 495 g/mol. The summed E-state index contributed by atoms with van der Waals surface area (Å²) in [5.41, 5.74) is -1.75. The maximum atomic E-state index is 14.3. The van der Waals surface area contributed by atoms with Crippen molar-refractivity contribution in [1.29, 1.82) is 0 Å². The maximum absolute atomic E-state index is 14.3. The Kier molecular flexibility index (Phi) is 6.51. The molecule has 0 radical (unpaired) electrons. The Bertz CT molecular complexity index is 1090. The van der Waals surface area contributed by atoms with Gasteiger partial charge in [-0.3, -0.25) is 14.4 Å². The van der Waals surface area contributed by atoms with E-state index >= 15 is 0 Å². The van der Waals surface area contributed by atoms with E-state index in [4.69, 9.17) is 9.47 Å². The van der Waals surface area contributed by atoms with Crippen LogP contribution in [0.5, 0.6) is 0 Å². The Morgan fingerprint density at radius 2 is 1.86 bits per heavy atom. The van der Waals surface area contributed by atoms with E-state index in [1.54, 1.807) is 11.8 Å². The van der Waals surface area contributed by atoms with Gasteiger partial charge < -0.3 is 24.4 Å². The summed E-state index contributed by atoms with van der Waals surface area (Å²) in [6.45, 7) is 4.66. The van der Waals surface area contributed by atoms with Gasteiger partial charge in [-0.2, -0.15) is 0 Å². The van der Waals surface area contributed by atoms with Crippen molar-refractivity contribution < 1.29 is 29.0 Å². The number of hydrogen-bond donors (Lipinski definition) is 1. The molecule has 8 heteroatoms. The third-order valence-corrected chi connectivity index (χ3v) is 8.02. The normalized spacial score (nSPS) is 34.4. The number of esters is 1. The number of unbranched alkanes of at least 4 members (excludes halogenated alkanes) is 1. The van der Waals surface area contributed by atoms with Crippen LogP contribution in [0.2, 0.25) is 0 Å². The summed E-state index contributed by atoms with van der Waals surface area (Å²) < 4.78 is 12.3. The molecule has 2 amide bonds. The van der Waals surface area contributed by atoms with Gasteiger partial charge in [-0.05, 0) is 25.3 Å². The van der Waals surface area contributed by atoms with Gasteiger partial charge in [0.25, 0.3) is 0 Å². The first kappa shape index (κ1) is 24.7. The van der Waals surface area contributed by atoms with Crippen molar-refractivity contribution in [1.82, 2.24) is 9.80 Å². The van der Waals surface area contributed by atoms with Gasteiger partial charge in [0.2, 0.25) is 11.8 Å². The van der Waals surface area contributed by atoms with Gasteiger partial charge in [0.05, 0.1) is 30.8 Å². The molecule has 1 aromatic rings. The number of hydrogen-bond acceptors (Lipinski definition) is 6. The summed E-state index contributed by atoms with van der Waals surface area (Å²) in [7, 11) is 0. The maximum Gasteiger partial charge on any atom is 0.313 e. The number of likely N-dealkylation sites (tertiary alicyclic amines) is 1. The topological polar surface area (TPSA) is 96.4 Å². The Morgan fingerprint density at radius 1 is 1.08 bits per heavy atom. The lowest BCUT2D eigenvalue weighted by Crippen LogP contribution is -2.57. The lowest BCUT2D eigenvalue weighted by Gasteiger charge is -2.40. The summed E-state index contributed by atoms with van der Waals surface area (Å²) >= 11 is 0. The van der Waals surface area contributed by atoms with Gasteiger partial charge >= 0.3 is 5.97 Å². The molecule has 1 aromatic carbocycles. The van der Waals surface area contributed by atoms with Crippen molar-refractivity contribution in [2.24, 2.45) is 11.8 Å². The Balaban J connectivity index is 1.68. The number of carbonyl (C=O) groups is 3. The molecule has 1 N–H and O–H groups in total. The van der Waals surface area contributed by atoms with Crippen LogP contribution in [0.25, 0.3) is 0 Å². The number of rotatable bonds is 6. The Hall–Kier alpha value is -2.97. The van der Waals surface area contributed by atoms with Crippen molar-refractivity contribution in [3.05, 3.63) is 60.2 Å². The van der Waals surface area contributed by atoms with Crippen molar-refractivity contribution in [2.75, 3.05) is 26.3 Å². The molecule has 192 valence electrons. The molecule has 0 aliphatic carbocycles. The largest absolute Gasteiger partial charge is 0.465 e. The minimum absolute atomic E-state index is 0.228. The number of amides is 2. The van der Waals surface area contributed by atoms with Crippen LogP contribution in [-0.2, 0) is 23.9 Å².